The summed E-state index contributed by atoms with van der Waals surface area (Å²) >= 11 is 0. The van der Waals surface area contributed by atoms with Crippen LogP contribution in [0.25, 0.3) is 0 Å². The van der Waals surface area contributed by atoms with E-state index in [1.165, 1.54) is 10.5 Å². The number of carbonyl (C=O) groups is 1. The molecule has 0 atom stereocenters. The maximum atomic E-state index is 11.9. The van der Waals surface area contributed by atoms with E-state index in [1.54, 1.807) is 7.05 Å². The fraction of sp³-hybridized carbons (Fsp3) is 0.562. The number of aliphatic hydroxyl groups excluding tert-OH is 1. The number of nitrogens with zero attached hydrogens (tertiary/aromatic N) is 1. The second-order valence-electron chi connectivity index (χ2n) is 5.16. The molecule has 0 bridgehead atoms. The Hall–Kier alpha value is -1.55. The van der Waals surface area contributed by atoms with Crippen molar-refractivity contribution in [1.82, 2.24) is 10.2 Å². The molecule has 4 heteroatoms. The quantitative estimate of drug-likeness (QED) is 0.804. The van der Waals surface area contributed by atoms with Gasteiger partial charge < -0.3 is 15.3 Å². The van der Waals surface area contributed by atoms with Crippen LogP contribution >= 0.6 is 0 Å². The summed E-state index contributed by atoms with van der Waals surface area (Å²) < 4.78 is 0. The number of nitrogens with one attached hydrogen (secondary N) is 1. The number of likely N-dealkylation sites (N-methyl/N-ethyl adjacent to an activating group) is 1. The molecular weight excluding hydrogens is 252 g/mol. The van der Waals surface area contributed by atoms with Crippen molar-refractivity contribution in [1.29, 1.82) is 0 Å². The average Bonchev–Trinajstić information content (AvgIpc) is 2.50. The van der Waals surface area contributed by atoms with Gasteiger partial charge in [-0.1, -0.05) is 44.2 Å². The van der Waals surface area contributed by atoms with Crippen molar-refractivity contribution < 1.29 is 9.90 Å². The minimum Gasteiger partial charge on any atom is -0.395 e. The third-order valence-electron chi connectivity index (χ3n) is 4.10. The second-order valence-corrected chi connectivity index (χ2v) is 5.16. The lowest BCUT2D eigenvalue weighted by Gasteiger charge is -2.33. The van der Waals surface area contributed by atoms with Crippen molar-refractivity contribution in [2.75, 3.05) is 26.7 Å². The van der Waals surface area contributed by atoms with Crippen LogP contribution in [-0.2, 0) is 5.41 Å². The highest BCUT2D eigenvalue weighted by Crippen LogP contribution is 2.30. The van der Waals surface area contributed by atoms with Crippen molar-refractivity contribution in [3.05, 3.63) is 35.9 Å². The van der Waals surface area contributed by atoms with E-state index in [-0.39, 0.29) is 18.1 Å². The zero-order chi connectivity index (χ0) is 15.0. The molecule has 0 aliphatic heterocycles. The Balaban J connectivity index is 2.76. The predicted molar refractivity (Wildman–Crippen MR) is 81.8 cm³/mol. The number of hydrogen-bond acceptors (Lipinski definition) is 2. The van der Waals surface area contributed by atoms with Gasteiger partial charge in [0, 0.05) is 25.6 Å². The van der Waals surface area contributed by atoms with Crippen LogP contribution in [0.1, 0.15) is 32.3 Å². The topological polar surface area (TPSA) is 52.6 Å². The molecule has 0 saturated heterocycles. The zero-order valence-electron chi connectivity index (χ0n) is 12.7. The largest absolute Gasteiger partial charge is 0.395 e. The SMILES string of the molecule is CCC(CC)(CNC(=O)N(C)CCO)c1ccccc1. The fourth-order valence-corrected chi connectivity index (χ4v) is 2.43. The standard InChI is InChI=1S/C16H26N2O2/c1-4-16(5-2,14-9-7-6-8-10-14)13-17-15(20)18(3)11-12-19/h6-10,19H,4-5,11-13H2,1-3H3,(H,17,20). The minimum absolute atomic E-state index is 0.0185. The van der Waals surface area contributed by atoms with Gasteiger partial charge in [-0.05, 0) is 18.4 Å². The minimum atomic E-state index is -0.138. The molecule has 0 aliphatic carbocycles. The van der Waals surface area contributed by atoms with Gasteiger partial charge in [-0.3, -0.25) is 0 Å². The van der Waals surface area contributed by atoms with Gasteiger partial charge in [-0.25, -0.2) is 4.79 Å². The summed E-state index contributed by atoms with van der Waals surface area (Å²) in [6.07, 6.45) is 1.94. The molecular formula is C16H26N2O2. The van der Waals surface area contributed by atoms with Crippen molar-refractivity contribution in [2.45, 2.75) is 32.1 Å². The van der Waals surface area contributed by atoms with Crippen molar-refractivity contribution >= 4 is 6.03 Å². The molecule has 0 saturated carbocycles. The van der Waals surface area contributed by atoms with E-state index in [0.29, 0.717) is 13.1 Å². The van der Waals surface area contributed by atoms with E-state index < -0.39 is 0 Å². The Kier molecular flexibility index (Phi) is 6.52. The van der Waals surface area contributed by atoms with Crippen LogP contribution in [-0.4, -0.2) is 42.8 Å². The van der Waals surface area contributed by atoms with Crippen LogP contribution in [0.5, 0.6) is 0 Å². The molecule has 0 aromatic heterocycles. The van der Waals surface area contributed by atoms with Gasteiger partial charge >= 0.3 is 6.03 Å². The van der Waals surface area contributed by atoms with Crippen molar-refractivity contribution in [3.63, 3.8) is 0 Å². The molecule has 1 aromatic carbocycles. The molecule has 0 heterocycles. The first kappa shape index (κ1) is 16.5. The first-order valence-corrected chi connectivity index (χ1v) is 7.25. The molecule has 2 amide bonds. The normalized spacial score (nSPS) is 11.2. The number of rotatable bonds is 7. The van der Waals surface area contributed by atoms with E-state index in [9.17, 15) is 4.79 Å². The molecule has 1 rings (SSSR count). The Morgan fingerprint density at radius 2 is 1.85 bits per heavy atom. The summed E-state index contributed by atoms with van der Waals surface area (Å²) in [7, 11) is 1.69. The molecule has 0 fully saturated rings. The highest BCUT2D eigenvalue weighted by molar-refractivity contribution is 5.74. The molecule has 0 spiro atoms. The summed E-state index contributed by atoms with van der Waals surface area (Å²) in [5, 5.41) is 11.8. The summed E-state index contributed by atoms with van der Waals surface area (Å²) in [5.41, 5.74) is 1.23. The lowest BCUT2D eigenvalue weighted by molar-refractivity contribution is 0.187. The molecule has 2 N–H and O–H groups in total. The smallest absolute Gasteiger partial charge is 0.317 e. The monoisotopic (exact) mass is 278 g/mol. The first-order valence-electron chi connectivity index (χ1n) is 7.25. The van der Waals surface area contributed by atoms with E-state index in [2.05, 4.69) is 31.3 Å². The molecule has 0 unspecified atom stereocenters. The molecule has 112 valence electrons. The number of carbonyl (C=O) groups excluding carboxylic acids is 1. The van der Waals surface area contributed by atoms with Gasteiger partial charge in [-0.2, -0.15) is 0 Å². The maximum Gasteiger partial charge on any atom is 0.317 e. The third-order valence-corrected chi connectivity index (χ3v) is 4.10. The molecule has 4 nitrogen and oxygen atoms in total. The van der Waals surface area contributed by atoms with E-state index >= 15 is 0 Å². The summed E-state index contributed by atoms with van der Waals surface area (Å²) in [6, 6.07) is 10.2. The van der Waals surface area contributed by atoms with Gasteiger partial charge in [0.2, 0.25) is 0 Å². The lowest BCUT2D eigenvalue weighted by Crippen LogP contribution is -2.45. The van der Waals surface area contributed by atoms with E-state index in [4.69, 9.17) is 5.11 Å². The Labute approximate surface area is 121 Å². The van der Waals surface area contributed by atoms with Crippen LogP contribution < -0.4 is 5.32 Å². The second kappa shape index (κ2) is 7.90. The van der Waals surface area contributed by atoms with Crippen LogP contribution in [0.4, 0.5) is 4.79 Å². The maximum absolute atomic E-state index is 11.9. The third kappa shape index (κ3) is 3.97. The lowest BCUT2D eigenvalue weighted by atomic mass is 9.76. The number of amides is 2. The zero-order valence-corrected chi connectivity index (χ0v) is 12.7. The van der Waals surface area contributed by atoms with Gasteiger partial charge in [-0.15, -0.1) is 0 Å². The van der Waals surface area contributed by atoms with Crippen LogP contribution in [0.15, 0.2) is 30.3 Å². The van der Waals surface area contributed by atoms with E-state index in [0.717, 1.165) is 12.8 Å². The van der Waals surface area contributed by atoms with E-state index in [1.807, 2.05) is 18.2 Å². The molecule has 0 radical (unpaired) electrons. The van der Waals surface area contributed by atoms with Crippen LogP contribution in [0, 0.1) is 0 Å². The number of aliphatic hydroxyl groups is 1. The summed E-state index contributed by atoms with van der Waals surface area (Å²) in [4.78, 5) is 13.4. The highest BCUT2D eigenvalue weighted by atomic mass is 16.3. The van der Waals surface area contributed by atoms with Gasteiger partial charge in [0.25, 0.3) is 0 Å². The Bertz CT molecular complexity index is 402. The molecule has 20 heavy (non-hydrogen) atoms. The van der Waals surface area contributed by atoms with Gasteiger partial charge in [0.15, 0.2) is 0 Å². The molecule has 1 aromatic rings. The van der Waals surface area contributed by atoms with Gasteiger partial charge in [0.1, 0.15) is 0 Å². The fourth-order valence-electron chi connectivity index (χ4n) is 2.43. The Morgan fingerprint density at radius 1 is 1.25 bits per heavy atom. The highest BCUT2D eigenvalue weighted by Gasteiger charge is 2.29. The predicted octanol–water partition coefficient (Wildman–Crippen LogP) is 2.38. The summed E-state index contributed by atoms with van der Waals surface area (Å²) in [5.74, 6) is 0. The van der Waals surface area contributed by atoms with Crippen LogP contribution in [0.2, 0.25) is 0 Å². The molecule has 0 aliphatic rings. The number of hydrogen-bond donors (Lipinski definition) is 2. The van der Waals surface area contributed by atoms with Gasteiger partial charge in [0.05, 0.1) is 6.61 Å². The van der Waals surface area contributed by atoms with Crippen molar-refractivity contribution in [2.24, 2.45) is 0 Å². The summed E-state index contributed by atoms with van der Waals surface area (Å²) in [6.45, 7) is 5.25. The number of urea groups is 1. The number of benzene rings is 1. The van der Waals surface area contributed by atoms with Crippen molar-refractivity contribution in [3.8, 4) is 0 Å². The Morgan fingerprint density at radius 3 is 2.35 bits per heavy atom. The van der Waals surface area contributed by atoms with Crippen LogP contribution in [0.3, 0.4) is 0 Å². The average molecular weight is 278 g/mol. The first-order chi connectivity index (χ1) is 9.59.